The summed E-state index contributed by atoms with van der Waals surface area (Å²) in [4.78, 5) is 24.3. The highest BCUT2D eigenvalue weighted by atomic mass is 16.3. The summed E-state index contributed by atoms with van der Waals surface area (Å²) < 4.78 is 0. The maximum atomic E-state index is 12.2. The van der Waals surface area contributed by atoms with E-state index in [4.69, 9.17) is 0 Å². The van der Waals surface area contributed by atoms with E-state index < -0.39 is 51.4 Å². The number of phenols is 5. The molecule has 0 atom stereocenters. The second-order valence-corrected chi connectivity index (χ2v) is 4.70. The van der Waals surface area contributed by atoms with E-state index in [1.165, 1.54) is 19.1 Å². The number of hydrogen-bond donors (Lipinski definition) is 5. The number of carbonyl (C=O) groups excluding carboxylic acids is 2. The molecule has 0 radical (unpaired) electrons. The highest BCUT2D eigenvalue weighted by Gasteiger charge is 2.28. The minimum atomic E-state index is -1.30. The number of aromatic hydroxyl groups is 5. The molecule has 7 nitrogen and oxygen atoms in total. The topological polar surface area (TPSA) is 135 Å². The standard InChI is InChI=1S/C15H12O7/c1-6-2-8(13(20)11(19)3-6)14(21)15(22)12-9(17)4-7(16)5-10(12)18/h2-5,16-20H,1H3. The third-order valence-electron chi connectivity index (χ3n) is 2.99. The van der Waals surface area contributed by atoms with Gasteiger partial charge in [0.15, 0.2) is 11.5 Å². The van der Waals surface area contributed by atoms with Gasteiger partial charge in [-0.3, -0.25) is 9.59 Å². The van der Waals surface area contributed by atoms with Gasteiger partial charge in [-0.1, -0.05) is 0 Å². The molecule has 22 heavy (non-hydrogen) atoms. The molecule has 0 aliphatic heterocycles. The first-order chi connectivity index (χ1) is 10.2. The van der Waals surface area contributed by atoms with Crippen molar-refractivity contribution in [2.75, 3.05) is 0 Å². The minimum Gasteiger partial charge on any atom is -0.508 e. The molecule has 0 aliphatic rings. The number of rotatable bonds is 3. The van der Waals surface area contributed by atoms with Crippen LogP contribution in [0.25, 0.3) is 0 Å². The normalized spacial score (nSPS) is 10.4. The number of Topliss-reactive ketones (excluding diaryl/α,β-unsaturated/α-hetero) is 2. The number of aryl methyl sites for hydroxylation is 1. The smallest absolute Gasteiger partial charge is 0.241 e. The van der Waals surface area contributed by atoms with Crippen molar-refractivity contribution >= 4 is 11.6 Å². The maximum Gasteiger partial charge on any atom is 0.241 e. The van der Waals surface area contributed by atoms with E-state index in [0.29, 0.717) is 5.56 Å². The Hall–Kier alpha value is -3.22. The van der Waals surface area contributed by atoms with Gasteiger partial charge >= 0.3 is 0 Å². The first-order valence-electron chi connectivity index (χ1n) is 6.09. The van der Waals surface area contributed by atoms with E-state index in [2.05, 4.69) is 0 Å². The van der Waals surface area contributed by atoms with Gasteiger partial charge in [-0.05, 0) is 24.6 Å². The molecular weight excluding hydrogens is 292 g/mol. The van der Waals surface area contributed by atoms with E-state index >= 15 is 0 Å². The zero-order chi connectivity index (χ0) is 16.6. The molecule has 7 heteroatoms. The van der Waals surface area contributed by atoms with Crippen molar-refractivity contribution in [1.82, 2.24) is 0 Å². The maximum absolute atomic E-state index is 12.2. The Kier molecular flexibility index (Phi) is 3.64. The van der Waals surface area contributed by atoms with Crippen molar-refractivity contribution in [1.29, 1.82) is 0 Å². The summed E-state index contributed by atoms with van der Waals surface area (Å²) in [6, 6.07) is 3.96. The van der Waals surface area contributed by atoms with Crippen LogP contribution in [0.15, 0.2) is 24.3 Å². The van der Waals surface area contributed by atoms with Crippen LogP contribution in [0.1, 0.15) is 26.3 Å². The van der Waals surface area contributed by atoms with Crippen LogP contribution in [0.2, 0.25) is 0 Å². The van der Waals surface area contributed by atoms with Crippen LogP contribution in [0.4, 0.5) is 0 Å². The Morgan fingerprint density at radius 2 is 1.32 bits per heavy atom. The molecule has 0 aliphatic carbocycles. The summed E-state index contributed by atoms with van der Waals surface area (Å²) >= 11 is 0. The molecule has 0 unspecified atom stereocenters. The Bertz CT molecular complexity index is 770. The van der Waals surface area contributed by atoms with Crippen molar-refractivity contribution < 1.29 is 35.1 Å². The van der Waals surface area contributed by atoms with Crippen molar-refractivity contribution in [3.05, 3.63) is 41.0 Å². The van der Waals surface area contributed by atoms with E-state index in [0.717, 1.165) is 12.1 Å². The Balaban J connectivity index is 2.54. The lowest BCUT2D eigenvalue weighted by Crippen LogP contribution is -2.15. The third-order valence-corrected chi connectivity index (χ3v) is 2.99. The number of carbonyl (C=O) groups is 2. The van der Waals surface area contributed by atoms with Gasteiger partial charge < -0.3 is 25.5 Å². The zero-order valence-electron chi connectivity index (χ0n) is 11.4. The first kappa shape index (κ1) is 15.2. The quantitative estimate of drug-likeness (QED) is 0.330. The van der Waals surface area contributed by atoms with E-state index in [-0.39, 0.29) is 0 Å². The van der Waals surface area contributed by atoms with Crippen LogP contribution in [-0.4, -0.2) is 37.1 Å². The van der Waals surface area contributed by atoms with Crippen LogP contribution >= 0.6 is 0 Å². The average Bonchev–Trinajstić information content (AvgIpc) is 2.40. The van der Waals surface area contributed by atoms with Gasteiger partial charge in [0.1, 0.15) is 22.8 Å². The van der Waals surface area contributed by atoms with Crippen LogP contribution < -0.4 is 0 Å². The summed E-state index contributed by atoms with van der Waals surface area (Å²) in [7, 11) is 0. The summed E-state index contributed by atoms with van der Waals surface area (Å²) in [5.41, 5.74) is -0.747. The van der Waals surface area contributed by atoms with Crippen molar-refractivity contribution in [2.45, 2.75) is 6.92 Å². The molecule has 0 fully saturated rings. The molecule has 0 bridgehead atoms. The minimum absolute atomic E-state index is 0.422. The monoisotopic (exact) mass is 304 g/mol. The molecule has 114 valence electrons. The molecule has 0 aromatic heterocycles. The Labute approximate surface area is 124 Å². The molecule has 0 saturated carbocycles. The number of ketones is 2. The molecular formula is C15H12O7. The van der Waals surface area contributed by atoms with Crippen LogP contribution in [0, 0.1) is 6.92 Å². The molecule has 0 saturated heterocycles. The largest absolute Gasteiger partial charge is 0.508 e. The second-order valence-electron chi connectivity index (χ2n) is 4.70. The lowest BCUT2D eigenvalue weighted by atomic mass is 9.97. The Morgan fingerprint density at radius 1 is 0.773 bits per heavy atom. The van der Waals surface area contributed by atoms with Crippen LogP contribution in [0.5, 0.6) is 28.7 Å². The van der Waals surface area contributed by atoms with Gasteiger partial charge in [-0.2, -0.15) is 0 Å². The fraction of sp³-hybridized carbons (Fsp3) is 0.0667. The first-order valence-corrected chi connectivity index (χ1v) is 6.09. The fourth-order valence-electron chi connectivity index (χ4n) is 2.00. The SMILES string of the molecule is Cc1cc(O)c(O)c(C(=O)C(=O)c2c(O)cc(O)cc2O)c1. The average molecular weight is 304 g/mol. The van der Waals surface area contributed by atoms with Crippen molar-refractivity contribution in [3.63, 3.8) is 0 Å². The molecule has 2 aromatic carbocycles. The third kappa shape index (κ3) is 2.51. The molecule has 2 aromatic rings. The van der Waals surface area contributed by atoms with Crippen LogP contribution in [0.3, 0.4) is 0 Å². The van der Waals surface area contributed by atoms with Gasteiger partial charge in [0.25, 0.3) is 0 Å². The molecule has 5 N–H and O–H groups in total. The van der Waals surface area contributed by atoms with Gasteiger partial charge in [-0.15, -0.1) is 0 Å². The summed E-state index contributed by atoms with van der Waals surface area (Å²) in [5.74, 6) is -5.94. The predicted octanol–water partition coefficient (Wildman–Crippen LogP) is 1.59. The summed E-state index contributed by atoms with van der Waals surface area (Å²) in [5, 5.41) is 47.6. The van der Waals surface area contributed by atoms with Gasteiger partial charge in [0, 0.05) is 12.1 Å². The van der Waals surface area contributed by atoms with Gasteiger partial charge in [-0.25, -0.2) is 0 Å². The lowest BCUT2D eigenvalue weighted by Gasteiger charge is -2.09. The predicted molar refractivity (Wildman–Crippen MR) is 74.6 cm³/mol. The highest BCUT2D eigenvalue weighted by molar-refractivity contribution is 6.50. The van der Waals surface area contributed by atoms with Crippen molar-refractivity contribution in [3.8, 4) is 28.7 Å². The molecule has 0 spiro atoms. The van der Waals surface area contributed by atoms with E-state index in [1.807, 2.05) is 0 Å². The zero-order valence-corrected chi connectivity index (χ0v) is 11.4. The summed E-state index contributed by atoms with van der Waals surface area (Å²) in [6.45, 7) is 1.54. The lowest BCUT2D eigenvalue weighted by molar-refractivity contribution is 0.0811. The molecule has 0 heterocycles. The number of benzene rings is 2. The summed E-state index contributed by atoms with van der Waals surface area (Å²) in [6.07, 6.45) is 0. The molecule has 2 rings (SSSR count). The van der Waals surface area contributed by atoms with Crippen molar-refractivity contribution in [2.24, 2.45) is 0 Å². The number of phenolic OH excluding ortho intramolecular Hbond substituents is 5. The van der Waals surface area contributed by atoms with Crippen LogP contribution in [-0.2, 0) is 0 Å². The molecule has 0 amide bonds. The number of hydrogen-bond acceptors (Lipinski definition) is 7. The fourth-order valence-corrected chi connectivity index (χ4v) is 2.00. The van der Waals surface area contributed by atoms with E-state index in [1.54, 1.807) is 0 Å². The van der Waals surface area contributed by atoms with E-state index in [9.17, 15) is 35.1 Å². The second kappa shape index (κ2) is 5.28. The Morgan fingerprint density at radius 3 is 1.86 bits per heavy atom. The van der Waals surface area contributed by atoms with Gasteiger partial charge in [0.2, 0.25) is 11.6 Å². The highest BCUT2D eigenvalue weighted by Crippen LogP contribution is 2.35. The van der Waals surface area contributed by atoms with Gasteiger partial charge in [0.05, 0.1) is 5.56 Å².